The van der Waals surface area contributed by atoms with Gasteiger partial charge >= 0.3 is 12.5 Å². The van der Waals surface area contributed by atoms with Crippen molar-refractivity contribution in [2.24, 2.45) is 5.41 Å². The second kappa shape index (κ2) is 8.05. The van der Waals surface area contributed by atoms with Crippen molar-refractivity contribution in [2.75, 3.05) is 26.2 Å². The number of hydrogen-bond donors (Lipinski definition) is 1. The Labute approximate surface area is 169 Å². The van der Waals surface area contributed by atoms with Crippen molar-refractivity contribution in [3.8, 4) is 5.75 Å². The van der Waals surface area contributed by atoms with Crippen LogP contribution < -0.4 is 10.1 Å². The fraction of sp³-hybridized carbons (Fsp3) is 0.667. The summed E-state index contributed by atoms with van der Waals surface area (Å²) in [5, 5.41) is 3.38. The number of halogens is 3. The standard InChI is InChI=1S/C21H29F3N2O3/c1-19(2,3)29-18(27)26-13-10-20(8-11-25-12-9-20)17(14-26)15-4-6-16(7-5-15)28-21(22,23)24/h4-7,17,25H,8-14H2,1-3H3. The van der Waals surface area contributed by atoms with Crippen LogP contribution in [0.5, 0.6) is 5.75 Å². The number of nitrogens with zero attached hydrogens (tertiary/aromatic N) is 1. The molecule has 1 unspecified atom stereocenters. The van der Waals surface area contributed by atoms with Gasteiger partial charge in [-0.3, -0.25) is 0 Å². The molecule has 1 amide bonds. The average molecular weight is 414 g/mol. The van der Waals surface area contributed by atoms with Gasteiger partial charge in [0.1, 0.15) is 11.4 Å². The van der Waals surface area contributed by atoms with E-state index in [1.54, 1.807) is 17.0 Å². The van der Waals surface area contributed by atoms with Crippen molar-refractivity contribution in [1.82, 2.24) is 10.2 Å². The lowest BCUT2D eigenvalue weighted by molar-refractivity contribution is -0.274. The largest absolute Gasteiger partial charge is 0.573 e. The predicted molar refractivity (Wildman–Crippen MR) is 103 cm³/mol. The smallest absolute Gasteiger partial charge is 0.444 e. The minimum absolute atomic E-state index is 0.0240. The molecule has 5 nitrogen and oxygen atoms in total. The Bertz CT molecular complexity index is 707. The van der Waals surface area contributed by atoms with Crippen LogP contribution in [0.25, 0.3) is 0 Å². The molecule has 3 rings (SSSR count). The first-order valence-electron chi connectivity index (χ1n) is 10.0. The summed E-state index contributed by atoms with van der Waals surface area (Å²) < 4.78 is 47.0. The Morgan fingerprint density at radius 3 is 2.28 bits per heavy atom. The number of carbonyl (C=O) groups excluding carboxylic acids is 1. The van der Waals surface area contributed by atoms with Crippen LogP contribution >= 0.6 is 0 Å². The third-order valence-electron chi connectivity index (χ3n) is 5.79. The molecular weight excluding hydrogens is 385 g/mol. The Hall–Kier alpha value is -1.96. The summed E-state index contributed by atoms with van der Waals surface area (Å²) in [7, 11) is 0. The SMILES string of the molecule is CC(C)(C)OC(=O)N1CCC2(CCNCC2)C(c2ccc(OC(F)(F)F)cc2)C1. The third kappa shape index (κ3) is 5.56. The summed E-state index contributed by atoms with van der Waals surface area (Å²) in [4.78, 5) is 14.3. The topological polar surface area (TPSA) is 50.8 Å². The van der Waals surface area contributed by atoms with Crippen molar-refractivity contribution in [2.45, 2.75) is 57.9 Å². The normalized spacial score (nSPS) is 22.4. The molecule has 1 N–H and O–H groups in total. The Morgan fingerprint density at radius 1 is 1.10 bits per heavy atom. The highest BCUT2D eigenvalue weighted by molar-refractivity contribution is 5.68. The van der Waals surface area contributed by atoms with E-state index in [2.05, 4.69) is 10.1 Å². The number of carbonyl (C=O) groups is 1. The maximum Gasteiger partial charge on any atom is 0.573 e. The van der Waals surface area contributed by atoms with Crippen LogP contribution in [0.15, 0.2) is 24.3 Å². The lowest BCUT2D eigenvalue weighted by atomic mass is 9.62. The Morgan fingerprint density at radius 2 is 1.72 bits per heavy atom. The van der Waals surface area contributed by atoms with E-state index in [1.807, 2.05) is 20.8 Å². The monoisotopic (exact) mass is 414 g/mol. The van der Waals surface area contributed by atoms with Crippen LogP contribution in [-0.2, 0) is 4.74 Å². The van der Waals surface area contributed by atoms with Crippen LogP contribution in [0.3, 0.4) is 0 Å². The molecular formula is C21H29F3N2O3. The van der Waals surface area contributed by atoms with E-state index in [9.17, 15) is 18.0 Å². The quantitative estimate of drug-likeness (QED) is 0.764. The zero-order chi connectivity index (χ0) is 21.3. The van der Waals surface area contributed by atoms with Crippen molar-refractivity contribution in [3.05, 3.63) is 29.8 Å². The molecule has 2 saturated heterocycles. The predicted octanol–water partition coefficient (Wildman–Crippen LogP) is 4.68. The highest BCUT2D eigenvalue weighted by Crippen LogP contribution is 2.49. The number of piperidine rings is 2. The number of nitrogens with one attached hydrogen (secondary N) is 1. The van der Waals surface area contributed by atoms with E-state index in [0.29, 0.717) is 13.1 Å². The van der Waals surface area contributed by atoms with Crippen molar-refractivity contribution in [1.29, 1.82) is 0 Å². The first-order valence-corrected chi connectivity index (χ1v) is 10.0. The van der Waals surface area contributed by atoms with Gasteiger partial charge in [-0.05, 0) is 76.2 Å². The van der Waals surface area contributed by atoms with Gasteiger partial charge in [0.05, 0.1) is 0 Å². The number of ether oxygens (including phenoxy) is 2. The maximum absolute atomic E-state index is 12.6. The van der Waals surface area contributed by atoms with Gasteiger partial charge in [0.2, 0.25) is 0 Å². The summed E-state index contributed by atoms with van der Waals surface area (Å²) in [5.41, 5.74) is 0.373. The summed E-state index contributed by atoms with van der Waals surface area (Å²) in [5.74, 6) is -0.203. The molecule has 0 aromatic heterocycles. The first-order chi connectivity index (χ1) is 13.5. The highest BCUT2D eigenvalue weighted by atomic mass is 19.4. The summed E-state index contributed by atoms with van der Waals surface area (Å²) in [6.45, 7) is 8.42. The van der Waals surface area contributed by atoms with Gasteiger partial charge in [-0.15, -0.1) is 13.2 Å². The molecule has 1 aromatic rings. The molecule has 0 aliphatic carbocycles. The number of hydrogen-bond acceptors (Lipinski definition) is 4. The molecule has 2 fully saturated rings. The lowest BCUT2D eigenvalue weighted by Crippen LogP contribution is -2.52. The lowest BCUT2D eigenvalue weighted by Gasteiger charge is -2.50. The molecule has 2 heterocycles. The van der Waals surface area contributed by atoms with Gasteiger partial charge in [0.15, 0.2) is 0 Å². The van der Waals surface area contributed by atoms with E-state index in [1.165, 1.54) is 12.1 Å². The molecule has 162 valence electrons. The second-order valence-corrected chi connectivity index (χ2v) is 8.96. The number of benzene rings is 1. The van der Waals surface area contributed by atoms with Gasteiger partial charge in [-0.25, -0.2) is 4.79 Å². The summed E-state index contributed by atoms with van der Waals surface area (Å²) in [6.07, 6.45) is -2.26. The van der Waals surface area contributed by atoms with E-state index >= 15 is 0 Å². The number of amides is 1. The maximum atomic E-state index is 12.6. The van der Waals surface area contributed by atoms with E-state index in [0.717, 1.165) is 37.9 Å². The van der Waals surface area contributed by atoms with Crippen LogP contribution in [0.1, 0.15) is 51.5 Å². The van der Waals surface area contributed by atoms with Crippen molar-refractivity contribution in [3.63, 3.8) is 0 Å². The summed E-state index contributed by atoms with van der Waals surface area (Å²) >= 11 is 0. The average Bonchev–Trinajstić information content (AvgIpc) is 2.61. The molecule has 0 bridgehead atoms. The molecule has 29 heavy (non-hydrogen) atoms. The number of rotatable bonds is 2. The molecule has 1 atom stereocenters. The van der Waals surface area contributed by atoms with Crippen LogP contribution in [0, 0.1) is 5.41 Å². The highest BCUT2D eigenvalue weighted by Gasteiger charge is 2.45. The Balaban J connectivity index is 1.83. The third-order valence-corrected chi connectivity index (χ3v) is 5.79. The molecule has 1 spiro atoms. The van der Waals surface area contributed by atoms with Gasteiger partial charge in [-0.1, -0.05) is 12.1 Å². The molecule has 1 aromatic carbocycles. The van der Waals surface area contributed by atoms with Crippen molar-refractivity contribution < 1.29 is 27.4 Å². The van der Waals surface area contributed by atoms with Gasteiger partial charge in [0.25, 0.3) is 0 Å². The fourth-order valence-corrected chi connectivity index (χ4v) is 4.41. The Kier molecular flexibility index (Phi) is 6.03. The molecule has 0 radical (unpaired) electrons. The molecule has 2 aliphatic rings. The second-order valence-electron chi connectivity index (χ2n) is 8.96. The van der Waals surface area contributed by atoms with Gasteiger partial charge in [0, 0.05) is 19.0 Å². The zero-order valence-electron chi connectivity index (χ0n) is 17.1. The van der Waals surface area contributed by atoms with Crippen LogP contribution in [0.2, 0.25) is 0 Å². The van der Waals surface area contributed by atoms with Crippen LogP contribution in [0.4, 0.5) is 18.0 Å². The van der Waals surface area contributed by atoms with Gasteiger partial charge in [-0.2, -0.15) is 0 Å². The number of likely N-dealkylation sites (tertiary alicyclic amines) is 1. The summed E-state index contributed by atoms with van der Waals surface area (Å²) in [6, 6.07) is 6.08. The van der Waals surface area contributed by atoms with E-state index in [4.69, 9.17) is 4.74 Å². The van der Waals surface area contributed by atoms with Gasteiger partial charge < -0.3 is 19.7 Å². The minimum atomic E-state index is -4.71. The van der Waals surface area contributed by atoms with Crippen LogP contribution in [-0.4, -0.2) is 49.1 Å². The molecule has 2 aliphatic heterocycles. The zero-order valence-corrected chi connectivity index (χ0v) is 17.1. The fourth-order valence-electron chi connectivity index (χ4n) is 4.41. The van der Waals surface area contributed by atoms with Crippen molar-refractivity contribution >= 4 is 6.09 Å². The number of alkyl halides is 3. The van der Waals surface area contributed by atoms with E-state index in [-0.39, 0.29) is 23.2 Å². The molecule has 0 saturated carbocycles. The van der Waals surface area contributed by atoms with E-state index < -0.39 is 12.0 Å². The minimum Gasteiger partial charge on any atom is -0.444 e. The first kappa shape index (κ1) is 21.7. The molecule has 8 heteroatoms.